The molecule has 0 spiro atoms. The standard InChI is InChI=1S/C10H17ClN4/c1-14(2)10(4-3-5-10)7-15-8-12-13-9(15)6-11/h8H,3-7H2,1-2H3. The Balaban J connectivity index is 2.13. The number of aromatic nitrogens is 3. The fourth-order valence-electron chi connectivity index (χ4n) is 2.16. The quantitative estimate of drug-likeness (QED) is 0.733. The Morgan fingerprint density at radius 3 is 2.73 bits per heavy atom. The van der Waals surface area contributed by atoms with Crippen LogP contribution in [0, 0.1) is 0 Å². The van der Waals surface area contributed by atoms with E-state index < -0.39 is 0 Å². The van der Waals surface area contributed by atoms with Crippen LogP contribution in [0.4, 0.5) is 0 Å². The molecule has 0 bridgehead atoms. The second-order valence-electron chi connectivity index (χ2n) is 4.48. The Morgan fingerprint density at radius 1 is 1.53 bits per heavy atom. The molecule has 1 fully saturated rings. The fraction of sp³-hybridized carbons (Fsp3) is 0.800. The summed E-state index contributed by atoms with van der Waals surface area (Å²) in [4.78, 5) is 2.31. The maximum absolute atomic E-state index is 5.81. The minimum absolute atomic E-state index is 0.295. The van der Waals surface area contributed by atoms with Crippen molar-refractivity contribution in [3.63, 3.8) is 0 Å². The summed E-state index contributed by atoms with van der Waals surface area (Å²) in [5, 5.41) is 7.90. The van der Waals surface area contributed by atoms with Crippen molar-refractivity contribution >= 4 is 11.6 Å². The Morgan fingerprint density at radius 2 is 2.27 bits per heavy atom. The summed E-state index contributed by atoms with van der Waals surface area (Å²) in [6.07, 6.45) is 5.59. The van der Waals surface area contributed by atoms with Gasteiger partial charge in [0, 0.05) is 12.1 Å². The van der Waals surface area contributed by atoms with E-state index in [1.165, 1.54) is 19.3 Å². The van der Waals surface area contributed by atoms with E-state index in [-0.39, 0.29) is 0 Å². The summed E-state index contributed by atoms with van der Waals surface area (Å²) in [6, 6.07) is 0. The SMILES string of the molecule is CN(C)C1(Cn2cnnc2CCl)CCC1. The number of alkyl halides is 1. The molecule has 15 heavy (non-hydrogen) atoms. The van der Waals surface area contributed by atoms with Crippen molar-refractivity contribution < 1.29 is 0 Å². The molecule has 2 rings (SSSR count). The molecule has 0 saturated heterocycles. The minimum Gasteiger partial charge on any atom is -0.315 e. The van der Waals surface area contributed by atoms with E-state index in [1.54, 1.807) is 6.33 Å². The number of hydrogen-bond donors (Lipinski definition) is 0. The van der Waals surface area contributed by atoms with E-state index in [9.17, 15) is 0 Å². The Labute approximate surface area is 95.2 Å². The van der Waals surface area contributed by atoms with Gasteiger partial charge in [-0.2, -0.15) is 0 Å². The van der Waals surface area contributed by atoms with Crippen molar-refractivity contribution in [3.05, 3.63) is 12.2 Å². The van der Waals surface area contributed by atoms with Gasteiger partial charge in [0.05, 0.1) is 5.88 Å². The van der Waals surface area contributed by atoms with Crippen molar-refractivity contribution in [2.45, 2.75) is 37.2 Å². The molecule has 0 N–H and O–H groups in total. The highest BCUT2D eigenvalue weighted by Gasteiger charge is 2.39. The zero-order valence-corrected chi connectivity index (χ0v) is 10.0. The third kappa shape index (κ3) is 1.88. The first kappa shape index (κ1) is 10.9. The molecular formula is C10H17ClN4. The topological polar surface area (TPSA) is 34.0 Å². The highest BCUT2D eigenvalue weighted by molar-refractivity contribution is 6.16. The van der Waals surface area contributed by atoms with Crippen LogP contribution in [-0.4, -0.2) is 39.3 Å². The molecule has 1 heterocycles. The van der Waals surface area contributed by atoms with E-state index in [2.05, 4.69) is 33.8 Å². The zero-order chi connectivity index (χ0) is 10.9. The van der Waals surface area contributed by atoms with E-state index in [0.717, 1.165) is 12.4 Å². The highest BCUT2D eigenvalue weighted by atomic mass is 35.5. The lowest BCUT2D eigenvalue weighted by Crippen LogP contribution is -2.53. The third-order valence-electron chi connectivity index (χ3n) is 3.51. The van der Waals surface area contributed by atoms with Crippen LogP contribution < -0.4 is 0 Å². The Bertz CT molecular complexity index is 330. The second-order valence-corrected chi connectivity index (χ2v) is 4.75. The maximum atomic E-state index is 5.81. The molecule has 0 aliphatic heterocycles. The van der Waals surface area contributed by atoms with Gasteiger partial charge in [0.2, 0.25) is 0 Å². The predicted octanol–water partition coefficient (Wildman–Crippen LogP) is 1.50. The molecule has 1 aromatic rings. The molecule has 1 aromatic heterocycles. The van der Waals surface area contributed by atoms with Crippen LogP contribution >= 0.6 is 11.6 Å². The molecule has 1 saturated carbocycles. The molecule has 0 atom stereocenters. The van der Waals surface area contributed by atoms with Gasteiger partial charge in [0.15, 0.2) is 0 Å². The fourth-order valence-corrected chi connectivity index (χ4v) is 2.37. The van der Waals surface area contributed by atoms with Crippen LogP contribution in [0.5, 0.6) is 0 Å². The van der Waals surface area contributed by atoms with Gasteiger partial charge in [-0.1, -0.05) is 0 Å². The Hall–Kier alpha value is -0.610. The summed E-state index contributed by atoms with van der Waals surface area (Å²) in [5.74, 6) is 1.30. The summed E-state index contributed by atoms with van der Waals surface area (Å²) in [7, 11) is 4.29. The summed E-state index contributed by atoms with van der Waals surface area (Å²) < 4.78 is 2.08. The average Bonchev–Trinajstić information content (AvgIpc) is 2.57. The molecule has 0 radical (unpaired) electrons. The normalized spacial score (nSPS) is 19.2. The maximum Gasteiger partial charge on any atom is 0.147 e. The van der Waals surface area contributed by atoms with Crippen molar-refractivity contribution in [3.8, 4) is 0 Å². The lowest BCUT2D eigenvalue weighted by atomic mass is 9.75. The zero-order valence-electron chi connectivity index (χ0n) is 9.28. The molecule has 1 aliphatic rings. The van der Waals surface area contributed by atoms with Gasteiger partial charge in [0.25, 0.3) is 0 Å². The molecule has 4 nitrogen and oxygen atoms in total. The van der Waals surface area contributed by atoms with Crippen molar-refractivity contribution in [1.82, 2.24) is 19.7 Å². The van der Waals surface area contributed by atoms with Gasteiger partial charge in [-0.15, -0.1) is 21.8 Å². The molecule has 84 valence electrons. The van der Waals surface area contributed by atoms with Gasteiger partial charge in [-0.05, 0) is 33.4 Å². The van der Waals surface area contributed by atoms with Crippen LogP contribution in [0.25, 0.3) is 0 Å². The largest absolute Gasteiger partial charge is 0.315 e. The van der Waals surface area contributed by atoms with Crippen LogP contribution in [0.2, 0.25) is 0 Å². The summed E-state index contributed by atoms with van der Waals surface area (Å²) >= 11 is 5.81. The van der Waals surface area contributed by atoms with Crippen LogP contribution in [0.15, 0.2) is 6.33 Å². The molecule has 5 heteroatoms. The number of nitrogens with zero attached hydrogens (tertiary/aromatic N) is 4. The first-order valence-electron chi connectivity index (χ1n) is 5.28. The van der Waals surface area contributed by atoms with Gasteiger partial charge in [-0.25, -0.2) is 0 Å². The van der Waals surface area contributed by atoms with Crippen LogP contribution in [-0.2, 0) is 12.4 Å². The van der Waals surface area contributed by atoms with Crippen molar-refractivity contribution in [1.29, 1.82) is 0 Å². The van der Waals surface area contributed by atoms with Crippen molar-refractivity contribution in [2.24, 2.45) is 0 Å². The van der Waals surface area contributed by atoms with E-state index in [0.29, 0.717) is 11.4 Å². The van der Waals surface area contributed by atoms with Crippen LogP contribution in [0.1, 0.15) is 25.1 Å². The van der Waals surface area contributed by atoms with Gasteiger partial charge < -0.3 is 9.47 Å². The Kier molecular flexibility index (Phi) is 2.98. The summed E-state index contributed by atoms with van der Waals surface area (Å²) in [5.41, 5.74) is 0.295. The lowest BCUT2D eigenvalue weighted by Gasteiger charge is -2.47. The second kappa shape index (κ2) is 4.10. The third-order valence-corrected chi connectivity index (χ3v) is 3.75. The van der Waals surface area contributed by atoms with Gasteiger partial charge in [0.1, 0.15) is 12.2 Å². The smallest absolute Gasteiger partial charge is 0.147 e. The molecule has 0 amide bonds. The summed E-state index contributed by atoms with van der Waals surface area (Å²) in [6.45, 7) is 0.953. The van der Waals surface area contributed by atoms with Crippen LogP contribution in [0.3, 0.4) is 0 Å². The monoisotopic (exact) mass is 228 g/mol. The van der Waals surface area contributed by atoms with E-state index in [4.69, 9.17) is 11.6 Å². The lowest BCUT2D eigenvalue weighted by molar-refractivity contribution is 0.0417. The number of rotatable bonds is 4. The minimum atomic E-state index is 0.295. The first-order chi connectivity index (χ1) is 7.18. The van der Waals surface area contributed by atoms with Gasteiger partial charge in [-0.3, -0.25) is 0 Å². The van der Waals surface area contributed by atoms with Gasteiger partial charge >= 0.3 is 0 Å². The van der Waals surface area contributed by atoms with E-state index in [1.807, 2.05) is 0 Å². The highest BCUT2D eigenvalue weighted by Crippen LogP contribution is 2.37. The molecular weight excluding hydrogens is 212 g/mol. The number of halogens is 1. The number of hydrogen-bond acceptors (Lipinski definition) is 3. The van der Waals surface area contributed by atoms with Crippen molar-refractivity contribution in [2.75, 3.05) is 14.1 Å². The molecule has 0 unspecified atom stereocenters. The molecule has 1 aliphatic carbocycles. The first-order valence-corrected chi connectivity index (χ1v) is 5.81. The van der Waals surface area contributed by atoms with E-state index >= 15 is 0 Å². The predicted molar refractivity (Wildman–Crippen MR) is 59.8 cm³/mol. The molecule has 0 aromatic carbocycles. The average molecular weight is 229 g/mol. The number of likely N-dealkylation sites (N-methyl/N-ethyl adjacent to an activating group) is 1.